The number of carbonyl (C=O) groups excluding carboxylic acids is 1. The van der Waals surface area contributed by atoms with Crippen LogP contribution in [-0.4, -0.2) is 17.9 Å². The zero-order valence-corrected chi connectivity index (χ0v) is 7.97. The van der Waals surface area contributed by atoms with Gasteiger partial charge in [-0.3, -0.25) is 4.79 Å². The molecule has 1 amide bonds. The number of amides is 1. The molecular formula is C12H11NO. The minimum Gasteiger partial charge on any atom is -0.312 e. The van der Waals surface area contributed by atoms with E-state index in [4.69, 9.17) is 0 Å². The molecule has 0 saturated carbocycles. The first-order chi connectivity index (χ1) is 6.77. The summed E-state index contributed by atoms with van der Waals surface area (Å²) in [5.41, 5.74) is 2.04. The predicted octanol–water partition coefficient (Wildman–Crippen LogP) is 2.06. The van der Waals surface area contributed by atoms with E-state index >= 15 is 0 Å². The van der Waals surface area contributed by atoms with Crippen LogP contribution < -0.4 is 0 Å². The second-order valence-corrected chi connectivity index (χ2v) is 3.21. The van der Waals surface area contributed by atoms with Crippen LogP contribution in [0.1, 0.15) is 5.56 Å². The number of hydrogen-bond donors (Lipinski definition) is 0. The van der Waals surface area contributed by atoms with E-state index in [0.717, 1.165) is 11.3 Å². The monoisotopic (exact) mass is 185 g/mol. The minimum absolute atomic E-state index is 0.0344. The summed E-state index contributed by atoms with van der Waals surface area (Å²) >= 11 is 0. The van der Waals surface area contributed by atoms with Crippen LogP contribution in [-0.2, 0) is 4.79 Å². The van der Waals surface area contributed by atoms with Crippen molar-refractivity contribution in [1.82, 2.24) is 4.90 Å². The Morgan fingerprint density at radius 2 is 1.86 bits per heavy atom. The third-order valence-electron chi connectivity index (χ3n) is 2.23. The van der Waals surface area contributed by atoms with Crippen molar-refractivity contribution in [2.45, 2.75) is 0 Å². The van der Waals surface area contributed by atoms with Gasteiger partial charge in [0.25, 0.3) is 5.91 Å². The highest BCUT2D eigenvalue weighted by molar-refractivity contribution is 5.94. The SMILES string of the molecule is CN1C(=O)C=C/C1=C/c1ccccc1. The number of benzene rings is 1. The Labute approximate surface area is 83.2 Å². The Morgan fingerprint density at radius 1 is 1.14 bits per heavy atom. The smallest absolute Gasteiger partial charge is 0.250 e. The first-order valence-corrected chi connectivity index (χ1v) is 4.50. The Morgan fingerprint density at radius 3 is 2.43 bits per heavy atom. The molecule has 0 radical (unpaired) electrons. The molecule has 0 fully saturated rings. The summed E-state index contributed by atoms with van der Waals surface area (Å²) < 4.78 is 0. The van der Waals surface area contributed by atoms with Gasteiger partial charge in [-0.1, -0.05) is 30.3 Å². The number of rotatable bonds is 1. The van der Waals surface area contributed by atoms with Crippen molar-refractivity contribution in [3.8, 4) is 0 Å². The van der Waals surface area contributed by atoms with Crippen molar-refractivity contribution in [3.05, 3.63) is 53.7 Å². The maximum atomic E-state index is 11.2. The summed E-state index contributed by atoms with van der Waals surface area (Å²) in [7, 11) is 1.77. The molecule has 0 N–H and O–H groups in total. The van der Waals surface area contributed by atoms with E-state index in [2.05, 4.69) is 0 Å². The molecule has 0 bridgehead atoms. The van der Waals surface area contributed by atoms with E-state index < -0.39 is 0 Å². The van der Waals surface area contributed by atoms with Crippen LogP contribution >= 0.6 is 0 Å². The number of likely N-dealkylation sites (N-methyl/N-ethyl adjacent to an activating group) is 1. The molecule has 1 aromatic rings. The zero-order valence-electron chi connectivity index (χ0n) is 7.97. The molecule has 2 rings (SSSR count). The van der Waals surface area contributed by atoms with E-state index in [1.165, 1.54) is 0 Å². The van der Waals surface area contributed by atoms with Gasteiger partial charge < -0.3 is 4.90 Å². The number of hydrogen-bond acceptors (Lipinski definition) is 1. The highest BCUT2D eigenvalue weighted by Gasteiger charge is 2.14. The quantitative estimate of drug-likeness (QED) is 0.655. The van der Waals surface area contributed by atoms with Crippen molar-refractivity contribution in [2.24, 2.45) is 0 Å². The lowest BCUT2D eigenvalue weighted by atomic mass is 10.2. The summed E-state index contributed by atoms with van der Waals surface area (Å²) in [4.78, 5) is 12.8. The fraction of sp³-hybridized carbons (Fsp3) is 0.0833. The fourth-order valence-corrected chi connectivity index (χ4v) is 1.37. The highest BCUT2D eigenvalue weighted by atomic mass is 16.2. The highest BCUT2D eigenvalue weighted by Crippen LogP contribution is 2.16. The van der Waals surface area contributed by atoms with E-state index in [0.29, 0.717) is 0 Å². The molecule has 0 atom stereocenters. The summed E-state index contributed by atoms with van der Waals surface area (Å²) in [6, 6.07) is 9.95. The Kier molecular flexibility index (Phi) is 2.19. The van der Waals surface area contributed by atoms with Crippen LogP contribution in [0.15, 0.2) is 48.2 Å². The molecule has 1 aliphatic rings. The standard InChI is InChI=1S/C12H11NO/c1-13-11(7-8-12(13)14)9-10-5-3-2-4-6-10/h2-9H,1H3/b11-9-. The number of nitrogens with zero attached hydrogens (tertiary/aromatic N) is 1. The topological polar surface area (TPSA) is 20.3 Å². The second kappa shape index (κ2) is 3.50. The van der Waals surface area contributed by atoms with Gasteiger partial charge in [-0.25, -0.2) is 0 Å². The Hall–Kier alpha value is -1.83. The van der Waals surface area contributed by atoms with Gasteiger partial charge in [-0.15, -0.1) is 0 Å². The molecule has 0 saturated heterocycles. The third kappa shape index (κ3) is 1.59. The van der Waals surface area contributed by atoms with E-state index in [1.807, 2.05) is 42.5 Å². The molecule has 2 heteroatoms. The van der Waals surface area contributed by atoms with Gasteiger partial charge in [0.1, 0.15) is 0 Å². The van der Waals surface area contributed by atoms with Crippen LogP contribution in [0.3, 0.4) is 0 Å². The van der Waals surface area contributed by atoms with Crippen LogP contribution in [0.2, 0.25) is 0 Å². The summed E-state index contributed by atoms with van der Waals surface area (Å²) in [6.07, 6.45) is 5.39. The lowest BCUT2D eigenvalue weighted by molar-refractivity contribution is -0.122. The van der Waals surface area contributed by atoms with Gasteiger partial charge in [0.05, 0.1) is 0 Å². The van der Waals surface area contributed by atoms with E-state index in [1.54, 1.807) is 18.0 Å². The molecule has 1 aromatic carbocycles. The van der Waals surface area contributed by atoms with Crippen LogP contribution in [0.25, 0.3) is 6.08 Å². The van der Waals surface area contributed by atoms with Gasteiger partial charge in [0.2, 0.25) is 0 Å². The van der Waals surface area contributed by atoms with Crippen molar-refractivity contribution >= 4 is 12.0 Å². The van der Waals surface area contributed by atoms with Crippen molar-refractivity contribution in [2.75, 3.05) is 7.05 Å². The fourth-order valence-electron chi connectivity index (χ4n) is 1.37. The normalized spacial score (nSPS) is 18.2. The summed E-state index contributed by atoms with van der Waals surface area (Å²) in [5, 5.41) is 0. The molecule has 1 heterocycles. The van der Waals surface area contributed by atoms with E-state index in [-0.39, 0.29) is 5.91 Å². The Bertz CT molecular complexity index is 404. The predicted molar refractivity (Wildman–Crippen MR) is 56.3 cm³/mol. The average Bonchev–Trinajstić information content (AvgIpc) is 2.52. The molecule has 70 valence electrons. The summed E-state index contributed by atoms with van der Waals surface area (Å²) in [6.45, 7) is 0. The minimum atomic E-state index is 0.0344. The van der Waals surface area contributed by atoms with Crippen LogP contribution in [0, 0.1) is 0 Å². The molecule has 0 spiro atoms. The largest absolute Gasteiger partial charge is 0.312 e. The van der Waals surface area contributed by atoms with E-state index in [9.17, 15) is 4.79 Å². The number of allylic oxidation sites excluding steroid dienone is 1. The van der Waals surface area contributed by atoms with Crippen LogP contribution in [0.4, 0.5) is 0 Å². The first kappa shape index (κ1) is 8.75. The molecule has 2 nitrogen and oxygen atoms in total. The van der Waals surface area contributed by atoms with Gasteiger partial charge in [0.15, 0.2) is 0 Å². The number of carbonyl (C=O) groups is 1. The van der Waals surface area contributed by atoms with Gasteiger partial charge in [0, 0.05) is 18.8 Å². The molecular weight excluding hydrogens is 174 g/mol. The van der Waals surface area contributed by atoms with Crippen molar-refractivity contribution < 1.29 is 4.79 Å². The average molecular weight is 185 g/mol. The van der Waals surface area contributed by atoms with Gasteiger partial charge in [-0.05, 0) is 17.7 Å². The maximum absolute atomic E-state index is 11.2. The third-order valence-corrected chi connectivity index (χ3v) is 2.23. The Balaban J connectivity index is 2.29. The molecule has 0 unspecified atom stereocenters. The molecule has 0 aliphatic carbocycles. The van der Waals surface area contributed by atoms with Gasteiger partial charge in [-0.2, -0.15) is 0 Å². The lowest BCUT2D eigenvalue weighted by Gasteiger charge is -2.10. The maximum Gasteiger partial charge on any atom is 0.250 e. The van der Waals surface area contributed by atoms with Gasteiger partial charge >= 0.3 is 0 Å². The van der Waals surface area contributed by atoms with Crippen molar-refractivity contribution in [1.29, 1.82) is 0 Å². The van der Waals surface area contributed by atoms with Crippen molar-refractivity contribution in [3.63, 3.8) is 0 Å². The molecule has 14 heavy (non-hydrogen) atoms. The molecule has 1 aliphatic heterocycles. The lowest BCUT2D eigenvalue weighted by Crippen LogP contribution is -2.17. The van der Waals surface area contributed by atoms with Crippen LogP contribution in [0.5, 0.6) is 0 Å². The zero-order chi connectivity index (χ0) is 9.97. The second-order valence-electron chi connectivity index (χ2n) is 3.21. The summed E-state index contributed by atoms with van der Waals surface area (Å²) in [5.74, 6) is 0.0344. The molecule has 0 aromatic heterocycles. The first-order valence-electron chi connectivity index (χ1n) is 4.50.